The van der Waals surface area contributed by atoms with Crippen molar-refractivity contribution in [3.63, 3.8) is 0 Å². The molecule has 0 bridgehead atoms. The number of aliphatic carboxylic acids is 1. The molecule has 1 fully saturated rings. The van der Waals surface area contributed by atoms with Crippen LogP contribution in [-0.2, 0) is 15.0 Å². The van der Waals surface area contributed by atoms with E-state index >= 15 is 0 Å². The number of hydrogen-bond acceptors (Lipinski definition) is 4. The molecule has 1 aliphatic heterocycles. The summed E-state index contributed by atoms with van der Waals surface area (Å²) in [6.45, 7) is 5.02. The van der Waals surface area contributed by atoms with Crippen molar-refractivity contribution >= 4 is 29.5 Å². The summed E-state index contributed by atoms with van der Waals surface area (Å²) >= 11 is 1.40. The largest absolute Gasteiger partial charge is 0.480 e. The zero-order valence-electron chi connectivity index (χ0n) is 15.0. The number of nitrogens with one attached hydrogen (secondary N) is 1. The van der Waals surface area contributed by atoms with Gasteiger partial charge in [-0.05, 0) is 23.1 Å². The number of rotatable bonds is 5. The molecule has 2 rings (SSSR count). The molecule has 0 spiro atoms. The second-order valence-electron chi connectivity index (χ2n) is 7.17. The third-order valence-electron chi connectivity index (χ3n) is 4.21. The van der Waals surface area contributed by atoms with Crippen LogP contribution >= 0.6 is 11.8 Å². The van der Waals surface area contributed by atoms with Crippen LogP contribution in [0.3, 0.4) is 0 Å². The van der Waals surface area contributed by atoms with Gasteiger partial charge in [0, 0.05) is 11.3 Å². The third kappa shape index (κ3) is 4.55. The molecule has 2 atom stereocenters. The minimum absolute atomic E-state index is 0.0360. The number of carbonyl (C=O) groups is 3. The Hall–Kier alpha value is -2.09. The normalized spacial score (nSPS) is 18.5. The molecule has 1 aliphatic rings. The molecule has 2 unspecified atom stereocenters. The Balaban J connectivity index is 2.12. The van der Waals surface area contributed by atoms with Crippen molar-refractivity contribution in [1.82, 2.24) is 10.2 Å². The van der Waals surface area contributed by atoms with Crippen LogP contribution in [0.4, 0.5) is 4.39 Å². The molecule has 0 aliphatic carbocycles. The van der Waals surface area contributed by atoms with Crippen molar-refractivity contribution < 1.29 is 23.9 Å². The van der Waals surface area contributed by atoms with Gasteiger partial charge in [-0.2, -0.15) is 0 Å². The SMILES string of the molecule is CC(C)(C)c1ccc(C(=O)N2CSCC2C(=O)NC(CF)C(=O)O)cc1. The van der Waals surface area contributed by atoms with E-state index in [1.807, 2.05) is 12.1 Å². The zero-order valence-corrected chi connectivity index (χ0v) is 15.8. The van der Waals surface area contributed by atoms with E-state index in [2.05, 4.69) is 26.1 Å². The monoisotopic (exact) mass is 382 g/mol. The summed E-state index contributed by atoms with van der Waals surface area (Å²) in [6.07, 6.45) is 0. The molecule has 8 heteroatoms. The first-order valence-corrected chi connectivity index (χ1v) is 9.39. The molecule has 0 saturated carbocycles. The van der Waals surface area contributed by atoms with Crippen LogP contribution in [0.25, 0.3) is 0 Å². The Morgan fingerprint density at radius 2 is 1.92 bits per heavy atom. The maximum Gasteiger partial charge on any atom is 0.328 e. The summed E-state index contributed by atoms with van der Waals surface area (Å²) in [7, 11) is 0. The second kappa shape index (κ2) is 8.07. The van der Waals surface area contributed by atoms with Gasteiger partial charge >= 0.3 is 5.97 Å². The number of carboxylic acid groups (broad SMARTS) is 1. The number of thioether (sulfide) groups is 1. The summed E-state index contributed by atoms with van der Waals surface area (Å²) in [4.78, 5) is 37.3. The summed E-state index contributed by atoms with van der Waals surface area (Å²) in [6, 6.07) is 4.80. The number of carbonyl (C=O) groups excluding carboxylic acids is 2. The van der Waals surface area contributed by atoms with Crippen LogP contribution in [-0.4, -0.2) is 58.2 Å². The fraction of sp³-hybridized carbons (Fsp3) is 0.500. The Kier molecular flexibility index (Phi) is 6.28. The molecule has 1 aromatic carbocycles. The quantitative estimate of drug-likeness (QED) is 0.814. The van der Waals surface area contributed by atoms with Crippen LogP contribution in [0.1, 0.15) is 36.7 Å². The summed E-state index contributed by atoms with van der Waals surface area (Å²) in [5, 5.41) is 11.0. The Labute approximate surface area is 156 Å². The molecule has 0 radical (unpaired) electrons. The van der Waals surface area contributed by atoms with E-state index in [9.17, 15) is 18.8 Å². The van der Waals surface area contributed by atoms with E-state index in [1.165, 1.54) is 16.7 Å². The van der Waals surface area contributed by atoms with E-state index in [0.29, 0.717) is 17.2 Å². The lowest BCUT2D eigenvalue weighted by Crippen LogP contribution is -2.52. The molecule has 26 heavy (non-hydrogen) atoms. The molecule has 142 valence electrons. The standard InChI is InChI=1S/C18H23FN2O4S/c1-18(2,3)12-6-4-11(5-7-12)16(23)21-10-26-9-14(21)15(22)20-13(8-19)17(24)25/h4-7,13-14H,8-10H2,1-3H3,(H,20,22)(H,24,25). The number of alkyl halides is 1. The highest BCUT2D eigenvalue weighted by atomic mass is 32.2. The van der Waals surface area contributed by atoms with E-state index < -0.39 is 30.6 Å². The fourth-order valence-electron chi connectivity index (χ4n) is 2.57. The van der Waals surface area contributed by atoms with Crippen LogP contribution in [0, 0.1) is 0 Å². The van der Waals surface area contributed by atoms with Gasteiger partial charge in [0.15, 0.2) is 6.04 Å². The van der Waals surface area contributed by atoms with Crippen molar-refractivity contribution in [2.45, 2.75) is 38.3 Å². The first-order chi connectivity index (χ1) is 12.1. The van der Waals surface area contributed by atoms with Crippen LogP contribution in [0.2, 0.25) is 0 Å². The van der Waals surface area contributed by atoms with E-state index in [1.54, 1.807) is 12.1 Å². The van der Waals surface area contributed by atoms with E-state index in [-0.39, 0.29) is 11.3 Å². The number of benzene rings is 1. The Bertz CT molecular complexity index is 687. The molecule has 6 nitrogen and oxygen atoms in total. The fourth-order valence-corrected chi connectivity index (χ4v) is 3.73. The number of amides is 2. The predicted molar refractivity (Wildman–Crippen MR) is 98.0 cm³/mol. The summed E-state index contributed by atoms with van der Waals surface area (Å²) in [5.41, 5.74) is 1.51. The number of nitrogens with zero attached hydrogens (tertiary/aromatic N) is 1. The molecule has 1 heterocycles. The van der Waals surface area contributed by atoms with Crippen molar-refractivity contribution in [1.29, 1.82) is 0 Å². The third-order valence-corrected chi connectivity index (χ3v) is 5.22. The average molecular weight is 382 g/mol. The van der Waals surface area contributed by atoms with Crippen LogP contribution < -0.4 is 5.32 Å². The van der Waals surface area contributed by atoms with Gasteiger partial charge in [-0.3, -0.25) is 9.59 Å². The zero-order chi connectivity index (χ0) is 19.5. The highest BCUT2D eigenvalue weighted by molar-refractivity contribution is 7.99. The highest BCUT2D eigenvalue weighted by Gasteiger charge is 2.36. The molecule has 2 amide bonds. The molecule has 2 N–H and O–H groups in total. The van der Waals surface area contributed by atoms with E-state index in [4.69, 9.17) is 5.11 Å². The number of hydrogen-bond donors (Lipinski definition) is 2. The van der Waals surface area contributed by atoms with Crippen LogP contribution in [0.5, 0.6) is 0 Å². The van der Waals surface area contributed by atoms with Crippen molar-refractivity contribution in [3.8, 4) is 0 Å². The van der Waals surface area contributed by atoms with Gasteiger partial charge in [0.05, 0.1) is 5.88 Å². The van der Waals surface area contributed by atoms with Gasteiger partial charge in [0.1, 0.15) is 12.7 Å². The smallest absolute Gasteiger partial charge is 0.328 e. The minimum atomic E-state index is -1.60. The maximum absolute atomic E-state index is 12.8. The summed E-state index contributed by atoms with van der Waals surface area (Å²) < 4.78 is 12.7. The Morgan fingerprint density at radius 3 is 2.42 bits per heavy atom. The Morgan fingerprint density at radius 1 is 1.31 bits per heavy atom. The van der Waals surface area contributed by atoms with Gasteiger partial charge < -0.3 is 15.3 Å². The van der Waals surface area contributed by atoms with Gasteiger partial charge in [-0.25, -0.2) is 9.18 Å². The molecular weight excluding hydrogens is 359 g/mol. The van der Waals surface area contributed by atoms with Crippen molar-refractivity contribution in [2.75, 3.05) is 18.3 Å². The maximum atomic E-state index is 12.8. The minimum Gasteiger partial charge on any atom is -0.480 e. The topological polar surface area (TPSA) is 86.7 Å². The molecule has 1 saturated heterocycles. The van der Waals surface area contributed by atoms with Gasteiger partial charge in [-0.15, -0.1) is 11.8 Å². The first kappa shape index (κ1) is 20.2. The van der Waals surface area contributed by atoms with Gasteiger partial charge in [0.2, 0.25) is 5.91 Å². The van der Waals surface area contributed by atoms with Crippen LogP contribution in [0.15, 0.2) is 24.3 Å². The molecule has 1 aromatic rings. The number of halogens is 1. The lowest BCUT2D eigenvalue weighted by atomic mass is 9.86. The first-order valence-electron chi connectivity index (χ1n) is 8.23. The molecular formula is C18H23FN2O4S. The number of carboxylic acids is 1. The summed E-state index contributed by atoms with van der Waals surface area (Å²) in [5.74, 6) is -1.73. The molecule has 0 aromatic heterocycles. The second-order valence-corrected chi connectivity index (χ2v) is 8.17. The highest BCUT2D eigenvalue weighted by Crippen LogP contribution is 2.26. The van der Waals surface area contributed by atoms with Crippen molar-refractivity contribution in [2.24, 2.45) is 0 Å². The van der Waals surface area contributed by atoms with Gasteiger partial charge in [-0.1, -0.05) is 32.9 Å². The average Bonchev–Trinajstić information content (AvgIpc) is 3.07. The van der Waals surface area contributed by atoms with E-state index in [0.717, 1.165) is 5.56 Å². The lowest BCUT2D eigenvalue weighted by Gasteiger charge is -2.25. The van der Waals surface area contributed by atoms with Crippen molar-refractivity contribution in [3.05, 3.63) is 35.4 Å². The predicted octanol–water partition coefficient (Wildman–Crippen LogP) is 2.04. The van der Waals surface area contributed by atoms with Gasteiger partial charge in [0.25, 0.3) is 5.91 Å². The lowest BCUT2D eigenvalue weighted by molar-refractivity contribution is -0.142.